The van der Waals surface area contributed by atoms with E-state index >= 15 is 0 Å². The lowest BCUT2D eigenvalue weighted by Crippen LogP contribution is -2.48. The quantitative estimate of drug-likeness (QED) is 0.926. The van der Waals surface area contributed by atoms with Gasteiger partial charge in [-0.2, -0.15) is 0 Å². The van der Waals surface area contributed by atoms with Gasteiger partial charge in [0.25, 0.3) is 5.91 Å². The van der Waals surface area contributed by atoms with Crippen LogP contribution in [0.1, 0.15) is 32.3 Å². The Kier molecular flexibility index (Phi) is 5.70. The Morgan fingerprint density at radius 2 is 2.18 bits per heavy atom. The Morgan fingerprint density at radius 3 is 2.86 bits per heavy atom. The van der Waals surface area contributed by atoms with Crippen molar-refractivity contribution in [2.75, 3.05) is 13.1 Å². The average molecular weight is 325 g/mol. The first-order valence-corrected chi connectivity index (χ1v) is 8.23. The first-order valence-electron chi connectivity index (χ1n) is 7.85. The number of halogens is 1. The van der Waals surface area contributed by atoms with Crippen molar-refractivity contribution in [2.45, 2.75) is 45.8 Å². The second-order valence-corrected chi connectivity index (χ2v) is 6.65. The molecule has 0 bridgehead atoms. The topological polar surface area (TPSA) is 55.6 Å². The van der Waals surface area contributed by atoms with E-state index in [0.717, 1.165) is 24.9 Å². The molecule has 0 spiro atoms. The van der Waals surface area contributed by atoms with Gasteiger partial charge in [0, 0.05) is 19.1 Å². The average Bonchev–Trinajstić information content (AvgIpc) is 2.50. The van der Waals surface area contributed by atoms with Gasteiger partial charge in [-0.1, -0.05) is 17.7 Å². The molecule has 22 heavy (non-hydrogen) atoms. The van der Waals surface area contributed by atoms with E-state index < -0.39 is 6.10 Å². The number of piperidine rings is 1. The van der Waals surface area contributed by atoms with Gasteiger partial charge in [0.05, 0.1) is 5.02 Å². The summed E-state index contributed by atoms with van der Waals surface area (Å²) in [7, 11) is 0. The highest BCUT2D eigenvalue weighted by atomic mass is 35.5. The lowest BCUT2D eigenvalue weighted by atomic mass is 9.92. The van der Waals surface area contributed by atoms with E-state index in [9.17, 15) is 4.79 Å². The van der Waals surface area contributed by atoms with Gasteiger partial charge in [-0.05, 0) is 57.2 Å². The Balaban J connectivity index is 2.01. The van der Waals surface area contributed by atoms with Gasteiger partial charge in [-0.15, -0.1) is 0 Å². The number of ether oxygens (including phenoxy) is 1. The summed E-state index contributed by atoms with van der Waals surface area (Å²) < 4.78 is 5.78. The number of amides is 1. The molecular weight excluding hydrogens is 300 g/mol. The fourth-order valence-electron chi connectivity index (χ4n) is 2.84. The second kappa shape index (κ2) is 7.34. The third-order valence-electron chi connectivity index (χ3n) is 4.25. The summed E-state index contributed by atoms with van der Waals surface area (Å²) in [5.41, 5.74) is 7.03. The molecule has 1 saturated heterocycles. The molecule has 1 aromatic rings. The van der Waals surface area contributed by atoms with E-state index in [0.29, 0.717) is 23.2 Å². The first-order chi connectivity index (χ1) is 10.4. The van der Waals surface area contributed by atoms with Crippen molar-refractivity contribution < 1.29 is 9.53 Å². The number of nitrogens with zero attached hydrogens (tertiary/aromatic N) is 1. The summed E-state index contributed by atoms with van der Waals surface area (Å²) >= 11 is 6.13. The molecule has 0 unspecified atom stereocenters. The van der Waals surface area contributed by atoms with Crippen LogP contribution in [0.25, 0.3) is 0 Å². The molecule has 0 aliphatic carbocycles. The van der Waals surface area contributed by atoms with E-state index in [1.54, 1.807) is 13.0 Å². The van der Waals surface area contributed by atoms with Crippen LogP contribution in [0.15, 0.2) is 18.2 Å². The predicted molar refractivity (Wildman–Crippen MR) is 89.2 cm³/mol. The minimum Gasteiger partial charge on any atom is -0.479 e. The van der Waals surface area contributed by atoms with Gasteiger partial charge in [0.1, 0.15) is 5.75 Å². The molecule has 122 valence electrons. The zero-order valence-corrected chi connectivity index (χ0v) is 14.3. The van der Waals surface area contributed by atoms with Crippen LogP contribution in [0.2, 0.25) is 5.02 Å². The van der Waals surface area contributed by atoms with E-state index in [-0.39, 0.29) is 11.9 Å². The first kappa shape index (κ1) is 17.1. The van der Waals surface area contributed by atoms with Crippen molar-refractivity contribution in [3.8, 4) is 5.75 Å². The van der Waals surface area contributed by atoms with Crippen molar-refractivity contribution in [1.82, 2.24) is 4.90 Å². The number of carbonyl (C=O) groups excluding carboxylic acids is 1. The van der Waals surface area contributed by atoms with Crippen LogP contribution in [0.3, 0.4) is 0 Å². The number of likely N-dealkylation sites (tertiary alicyclic amines) is 1. The van der Waals surface area contributed by atoms with Gasteiger partial charge in [0.15, 0.2) is 6.10 Å². The van der Waals surface area contributed by atoms with Crippen molar-refractivity contribution in [1.29, 1.82) is 0 Å². The highest BCUT2D eigenvalue weighted by Crippen LogP contribution is 2.27. The monoisotopic (exact) mass is 324 g/mol. The van der Waals surface area contributed by atoms with Crippen LogP contribution in [-0.4, -0.2) is 36.0 Å². The van der Waals surface area contributed by atoms with Gasteiger partial charge in [-0.3, -0.25) is 4.79 Å². The fraction of sp³-hybridized carbons (Fsp3) is 0.588. The van der Waals surface area contributed by atoms with Crippen molar-refractivity contribution >= 4 is 17.5 Å². The molecule has 1 fully saturated rings. The molecule has 5 heteroatoms. The third-order valence-corrected chi connectivity index (χ3v) is 4.56. The molecule has 1 aliphatic rings. The van der Waals surface area contributed by atoms with E-state index in [4.69, 9.17) is 22.1 Å². The number of nitrogens with two attached hydrogens (primary N) is 1. The molecule has 1 aromatic carbocycles. The molecule has 0 saturated carbocycles. The Labute approximate surface area is 137 Å². The maximum absolute atomic E-state index is 12.6. The van der Waals surface area contributed by atoms with Gasteiger partial charge < -0.3 is 15.4 Å². The third kappa shape index (κ3) is 4.14. The summed E-state index contributed by atoms with van der Waals surface area (Å²) in [6, 6.07) is 5.67. The van der Waals surface area contributed by atoms with Gasteiger partial charge >= 0.3 is 0 Å². The standard InChI is InChI=1S/C17H25ClN2O2/c1-11-6-7-15(18)16(9-11)22-13(3)17(21)20-8-4-5-14(10-20)12(2)19/h6-7,9,12-14H,4-5,8,10,19H2,1-3H3/t12-,13+,14+/m0/s1. The zero-order valence-electron chi connectivity index (χ0n) is 13.5. The van der Waals surface area contributed by atoms with Crippen molar-refractivity contribution in [2.24, 2.45) is 11.7 Å². The number of benzene rings is 1. The van der Waals surface area contributed by atoms with E-state index in [2.05, 4.69) is 0 Å². The number of hydrogen-bond donors (Lipinski definition) is 1. The summed E-state index contributed by atoms with van der Waals surface area (Å²) in [6.07, 6.45) is 1.53. The zero-order chi connectivity index (χ0) is 16.3. The van der Waals surface area contributed by atoms with Gasteiger partial charge in [-0.25, -0.2) is 0 Å². The molecule has 2 N–H and O–H groups in total. The molecule has 0 radical (unpaired) electrons. The number of aryl methyl sites for hydroxylation is 1. The Morgan fingerprint density at radius 1 is 1.45 bits per heavy atom. The Bertz CT molecular complexity index is 533. The van der Waals surface area contributed by atoms with Crippen molar-refractivity contribution in [3.63, 3.8) is 0 Å². The van der Waals surface area contributed by atoms with Crippen LogP contribution in [-0.2, 0) is 4.79 Å². The van der Waals surface area contributed by atoms with Crippen LogP contribution in [0, 0.1) is 12.8 Å². The predicted octanol–water partition coefficient (Wildman–Crippen LogP) is 3.00. The Hall–Kier alpha value is -1.26. The molecule has 2 rings (SSSR count). The normalized spacial score (nSPS) is 21.3. The SMILES string of the molecule is Cc1ccc(Cl)c(O[C@H](C)C(=O)N2CCC[C@@H]([C@H](C)N)C2)c1. The van der Waals surface area contributed by atoms with E-state index in [1.807, 2.05) is 30.9 Å². The summed E-state index contributed by atoms with van der Waals surface area (Å²) in [5.74, 6) is 0.929. The number of hydrogen-bond acceptors (Lipinski definition) is 3. The van der Waals surface area contributed by atoms with Crippen LogP contribution >= 0.6 is 11.6 Å². The van der Waals surface area contributed by atoms with Gasteiger partial charge in [0.2, 0.25) is 0 Å². The largest absolute Gasteiger partial charge is 0.479 e. The molecule has 1 aliphatic heterocycles. The lowest BCUT2D eigenvalue weighted by Gasteiger charge is -2.35. The minimum absolute atomic E-state index is 0.00271. The van der Waals surface area contributed by atoms with E-state index in [1.165, 1.54) is 0 Å². The number of carbonyl (C=O) groups is 1. The highest BCUT2D eigenvalue weighted by molar-refractivity contribution is 6.32. The molecule has 3 atom stereocenters. The number of rotatable bonds is 4. The molecular formula is C17H25ClN2O2. The maximum Gasteiger partial charge on any atom is 0.263 e. The lowest BCUT2D eigenvalue weighted by molar-refractivity contribution is -0.139. The fourth-order valence-corrected chi connectivity index (χ4v) is 3.00. The minimum atomic E-state index is -0.550. The summed E-state index contributed by atoms with van der Waals surface area (Å²) in [4.78, 5) is 14.5. The molecule has 1 heterocycles. The maximum atomic E-state index is 12.6. The second-order valence-electron chi connectivity index (χ2n) is 6.24. The molecule has 0 aromatic heterocycles. The van der Waals surface area contributed by atoms with Crippen LogP contribution in [0.4, 0.5) is 0 Å². The summed E-state index contributed by atoms with van der Waals surface area (Å²) in [6.45, 7) is 7.23. The smallest absolute Gasteiger partial charge is 0.263 e. The molecule has 1 amide bonds. The summed E-state index contributed by atoms with van der Waals surface area (Å²) in [5, 5.41) is 0.525. The van der Waals surface area contributed by atoms with Crippen LogP contribution in [0.5, 0.6) is 5.75 Å². The molecule has 4 nitrogen and oxygen atoms in total. The van der Waals surface area contributed by atoms with Crippen molar-refractivity contribution in [3.05, 3.63) is 28.8 Å². The van der Waals surface area contributed by atoms with Crippen LogP contribution < -0.4 is 10.5 Å². The highest BCUT2D eigenvalue weighted by Gasteiger charge is 2.29.